The van der Waals surface area contributed by atoms with Gasteiger partial charge in [-0.15, -0.1) is 0 Å². The molecule has 21 heavy (non-hydrogen) atoms. The fraction of sp³-hybridized carbons (Fsp3) is 0.529. The van der Waals surface area contributed by atoms with Crippen LogP contribution in [-0.4, -0.2) is 34.8 Å². The van der Waals surface area contributed by atoms with Crippen LogP contribution in [0.4, 0.5) is 0 Å². The second-order valence-electron chi connectivity index (χ2n) is 5.81. The summed E-state index contributed by atoms with van der Waals surface area (Å²) in [7, 11) is 0. The molecule has 0 aliphatic carbocycles. The molecular formula is C17H24N2O2. The van der Waals surface area contributed by atoms with Crippen LogP contribution in [0.1, 0.15) is 39.2 Å². The number of rotatable bonds is 5. The minimum absolute atomic E-state index is 0.0342. The molecule has 1 aliphatic heterocycles. The Bertz CT molecular complexity index is 501. The van der Waals surface area contributed by atoms with Crippen LogP contribution in [0.15, 0.2) is 30.3 Å². The first-order chi connectivity index (χ1) is 10.0. The number of piperazine rings is 1. The van der Waals surface area contributed by atoms with Gasteiger partial charge >= 0.3 is 0 Å². The van der Waals surface area contributed by atoms with Crippen molar-refractivity contribution in [3.05, 3.63) is 35.9 Å². The summed E-state index contributed by atoms with van der Waals surface area (Å²) in [6.07, 6.45) is 2.47. The SMILES string of the molecule is CCCC(C)N1C(=O)C(Cc2ccccc2)NC(=O)C1C. The molecular weight excluding hydrogens is 264 g/mol. The third kappa shape index (κ3) is 3.43. The maximum Gasteiger partial charge on any atom is 0.246 e. The predicted molar refractivity (Wildman–Crippen MR) is 82.8 cm³/mol. The van der Waals surface area contributed by atoms with Crippen LogP contribution in [0.2, 0.25) is 0 Å². The molecule has 1 aromatic carbocycles. The van der Waals surface area contributed by atoms with Gasteiger partial charge in [-0.25, -0.2) is 0 Å². The van der Waals surface area contributed by atoms with E-state index in [2.05, 4.69) is 12.2 Å². The number of hydrogen-bond acceptors (Lipinski definition) is 2. The van der Waals surface area contributed by atoms with Crippen LogP contribution in [0.5, 0.6) is 0 Å². The van der Waals surface area contributed by atoms with Gasteiger partial charge in [-0.2, -0.15) is 0 Å². The van der Waals surface area contributed by atoms with Gasteiger partial charge in [0, 0.05) is 12.5 Å². The maximum absolute atomic E-state index is 12.7. The second-order valence-corrected chi connectivity index (χ2v) is 5.81. The van der Waals surface area contributed by atoms with Gasteiger partial charge in [-0.3, -0.25) is 9.59 Å². The van der Waals surface area contributed by atoms with Crippen LogP contribution in [0.25, 0.3) is 0 Å². The standard InChI is InChI=1S/C17H24N2O2/c1-4-8-12(2)19-13(3)16(20)18-15(17(19)21)11-14-9-6-5-7-10-14/h5-7,9-10,12-13,15H,4,8,11H2,1-3H3,(H,18,20). The number of amides is 2. The fourth-order valence-electron chi connectivity index (χ4n) is 3.00. The topological polar surface area (TPSA) is 49.4 Å². The largest absolute Gasteiger partial charge is 0.342 e. The fourth-order valence-corrected chi connectivity index (χ4v) is 3.00. The number of carbonyl (C=O) groups excluding carboxylic acids is 2. The van der Waals surface area contributed by atoms with Crippen molar-refractivity contribution in [1.82, 2.24) is 10.2 Å². The number of carbonyl (C=O) groups is 2. The molecule has 0 saturated carbocycles. The van der Waals surface area contributed by atoms with Crippen molar-refractivity contribution in [3.63, 3.8) is 0 Å². The van der Waals surface area contributed by atoms with Crippen molar-refractivity contribution < 1.29 is 9.59 Å². The average molecular weight is 288 g/mol. The van der Waals surface area contributed by atoms with E-state index < -0.39 is 6.04 Å². The van der Waals surface area contributed by atoms with Crippen molar-refractivity contribution in [1.29, 1.82) is 0 Å². The van der Waals surface area contributed by atoms with E-state index in [9.17, 15) is 9.59 Å². The van der Waals surface area contributed by atoms with Gasteiger partial charge in [0.25, 0.3) is 0 Å². The summed E-state index contributed by atoms with van der Waals surface area (Å²) in [6, 6.07) is 9.08. The molecule has 114 valence electrons. The lowest BCUT2D eigenvalue weighted by atomic mass is 9.98. The Hall–Kier alpha value is -1.84. The third-order valence-electron chi connectivity index (χ3n) is 4.13. The molecule has 1 heterocycles. The molecule has 3 unspecified atom stereocenters. The molecule has 4 heteroatoms. The number of nitrogens with zero attached hydrogens (tertiary/aromatic N) is 1. The molecule has 0 bridgehead atoms. The summed E-state index contributed by atoms with van der Waals surface area (Å²) in [5.41, 5.74) is 1.06. The van der Waals surface area contributed by atoms with E-state index in [0.29, 0.717) is 6.42 Å². The van der Waals surface area contributed by atoms with Crippen LogP contribution in [0.3, 0.4) is 0 Å². The average Bonchev–Trinajstić information content (AvgIpc) is 2.46. The zero-order valence-electron chi connectivity index (χ0n) is 13.0. The third-order valence-corrected chi connectivity index (χ3v) is 4.13. The van der Waals surface area contributed by atoms with Crippen molar-refractivity contribution in [2.75, 3.05) is 0 Å². The van der Waals surface area contributed by atoms with Crippen molar-refractivity contribution in [2.45, 2.75) is 58.2 Å². The van der Waals surface area contributed by atoms with Crippen LogP contribution in [0, 0.1) is 0 Å². The molecule has 0 radical (unpaired) electrons. The van der Waals surface area contributed by atoms with Gasteiger partial charge in [0.2, 0.25) is 11.8 Å². The molecule has 1 fully saturated rings. The lowest BCUT2D eigenvalue weighted by Gasteiger charge is -2.41. The highest BCUT2D eigenvalue weighted by molar-refractivity contribution is 5.97. The Morgan fingerprint density at radius 2 is 1.90 bits per heavy atom. The zero-order chi connectivity index (χ0) is 15.4. The second kappa shape index (κ2) is 6.74. The number of benzene rings is 1. The molecule has 2 rings (SSSR count). The first-order valence-electron chi connectivity index (χ1n) is 7.71. The molecule has 1 aromatic rings. The van der Waals surface area contributed by atoms with E-state index in [0.717, 1.165) is 18.4 Å². The minimum Gasteiger partial charge on any atom is -0.342 e. The summed E-state index contributed by atoms with van der Waals surface area (Å²) >= 11 is 0. The zero-order valence-corrected chi connectivity index (χ0v) is 13.0. The predicted octanol–water partition coefficient (Wildman–Crippen LogP) is 2.13. The highest BCUT2D eigenvalue weighted by Gasteiger charge is 2.39. The lowest BCUT2D eigenvalue weighted by Crippen LogP contribution is -2.64. The maximum atomic E-state index is 12.7. The number of hydrogen-bond donors (Lipinski definition) is 1. The van der Waals surface area contributed by atoms with Gasteiger partial charge in [0.15, 0.2) is 0 Å². The van der Waals surface area contributed by atoms with Crippen LogP contribution in [-0.2, 0) is 16.0 Å². The molecule has 0 aromatic heterocycles. The van der Waals surface area contributed by atoms with E-state index >= 15 is 0 Å². The van der Waals surface area contributed by atoms with Gasteiger partial charge in [-0.05, 0) is 25.8 Å². The van der Waals surface area contributed by atoms with Crippen molar-refractivity contribution in [3.8, 4) is 0 Å². The molecule has 4 nitrogen and oxygen atoms in total. The first-order valence-corrected chi connectivity index (χ1v) is 7.71. The Balaban J connectivity index is 2.16. The van der Waals surface area contributed by atoms with E-state index in [1.54, 1.807) is 11.8 Å². The summed E-state index contributed by atoms with van der Waals surface area (Å²) in [5, 5.41) is 2.86. The highest BCUT2D eigenvalue weighted by atomic mass is 16.2. The summed E-state index contributed by atoms with van der Waals surface area (Å²) in [6.45, 7) is 5.92. The van der Waals surface area contributed by atoms with Crippen molar-refractivity contribution in [2.24, 2.45) is 0 Å². The Morgan fingerprint density at radius 3 is 2.52 bits per heavy atom. The van der Waals surface area contributed by atoms with Gasteiger partial charge in [-0.1, -0.05) is 43.7 Å². The summed E-state index contributed by atoms with van der Waals surface area (Å²) < 4.78 is 0. The molecule has 1 aliphatic rings. The monoisotopic (exact) mass is 288 g/mol. The summed E-state index contributed by atoms with van der Waals surface area (Å²) in [4.78, 5) is 26.6. The first kappa shape index (κ1) is 15.5. The molecule has 1 N–H and O–H groups in total. The Labute approximate surface area is 126 Å². The molecule has 2 amide bonds. The quantitative estimate of drug-likeness (QED) is 0.902. The lowest BCUT2D eigenvalue weighted by molar-refractivity contribution is -0.151. The number of nitrogens with one attached hydrogen (secondary N) is 1. The van der Waals surface area contributed by atoms with Crippen LogP contribution < -0.4 is 5.32 Å². The summed E-state index contributed by atoms with van der Waals surface area (Å²) in [5.74, 6) is -0.0228. The Morgan fingerprint density at radius 1 is 1.24 bits per heavy atom. The van der Waals surface area contributed by atoms with Gasteiger partial charge in [0.05, 0.1) is 0 Å². The van der Waals surface area contributed by atoms with E-state index in [1.807, 2.05) is 37.3 Å². The van der Waals surface area contributed by atoms with E-state index in [-0.39, 0.29) is 23.9 Å². The van der Waals surface area contributed by atoms with Gasteiger partial charge < -0.3 is 10.2 Å². The van der Waals surface area contributed by atoms with E-state index in [4.69, 9.17) is 0 Å². The molecule has 1 saturated heterocycles. The molecule has 3 atom stereocenters. The smallest absolute Gasteiger partial charge is 0.246 e. The Kier molecular flexibility index (Phi) is 4.99. The van der Waals surface area contributed by atoms with Crippen LogP contribution >= 0.6 is 0 Å². The molecule has 0 spiro atoms. The van der Waals surface area contributed by atoms with Gasteiger partial charge in [0.1, 0.15) is 12.1 Å². The highest BCUT2D eigenvalue weighted by Crippen LogP contribution is 2.19. The normalized spacial score (nSPS) is 23.9. The minimum atomic E-state index is -0.449. The van der Waals surface area contributed by atoms with E-state index in [1.165, 1.54) is 0 Å². The van der Waals surface area contributed by atoms with Crippen molar-refractivity contribution >= 4 is 11.8 Å².